The van der Waals surface area contributed by atoms with Gasteiger partial charge in [-0.1, -0.05) is 27.7 Å². The van der Waals surface area contributed by atoms with Crippen LogP contribution in [0.2, 0.25) is 0 Å². The summed E-state index contributed by atoms with van der Waals surface area (Å²) >= 11 is 0. The van der Waals surface area contributed by atoms with Crippen molar-refractivity contribution in [3.05, 3.63) is 17.5 Å². The van der Waals surface area contributed by atoms with Crippen molar-refractivity contribution in [1.29, 1.82) is 0 Å². The normalized spacial score (nSPS) is 14.0. The maximum absolute atomic E-state index is 9.16. The predicted molar refractivity (Wildman–Crippen MR) is 69.9 cm³/mol. The van der Waals surface area contributed by atoms with Gasteiger partial charge in [0.05, 0.1) is 12.3 Å². The van der Waals surface area contributed by atoms with Crippen LogP contribution in [-0.4, -0.2) is 27.5 Å². The van der Waals surface area contributed by atoms with Crippen LogP contribution in [0.4, 0.5) is 0 Å². The molecule has 1 aromatic heterocycles. The van der Waals surface area contributed by atoms with E-state index in [4.69, 9.17) is 5.11 Å². The van der Waals surface area contributed by atoms with E-state index in [9.17, 15) is 0 Å². The summed E-state index contributed by atoms with van der Waals surface area (Å²) in [5.74, 6) is 0. The molecule has 1 rings (SSSR count). The molecule has 0 aliphatic rings. The van der Waals surface area contributed by atoms with Crippen molar-refractivity contribution in [3.63, 3.8) is 0 Å². The van der Waals surface area contributed by atoms with Gasteiger partial charge in [0, 0.05) is 36.8 Å². The van der Waals surface area contributed by atoms with E-state index in [1.165, 1.54) is 5.56 Å². The minimum Gasteiger partial charge on any atom is -0.395 e. The van der Waals surface area contributed by atoms with Crippen LogP contribution in [0.25, 0.3) is 0 Å². The third-order valence-electron chi connectivity index (χ3n) is 2.91. The predicted octanol–water partition coefficient (Wildman–Crippen LogP) is 1.58. The second kappa shape index (κ2) is 5.65. The smallest absolute Gasteiger partial charge is 0.0722 e. The summed E-state index contributed by atoms with van der Waals surface area (Å²) < 4.78 is 1.86. The summed E-state index contributed by atoms with van der Waals surface area (Å²) in [6.07, 6.45) is 2.99. The number of aromatic nitrogens is 2. The fourth-order valence-corrected chi connectivity index (χ4v) is 1.89. The number of nitrogens with zero attached hydrogens (tertiary/aromatic N) is 2. The minimum atomic E-state index is 0.0548. The van der Waals surface area contributed by atoms with Gasteiger partial charge in [-0.3, -0.25) is 4.68 Å². The molecule has 0 unspecified atom stereocenters. The number of hydrogen-bond acceptors (Lipinski definition) is 3. The van der Waals surface area contributed by atoms with Gasteiger partial charge in [0.25, 0.3) is 0 Å². The van der Waals surface area contributed by atoms with Crippen LogP contribution >= 0.6 is 0 Å². The Hall–Kier alpha value is -0.870. The summed E-state index contributed by atoms with van der Waals surface area (Å²) in [6.45, 7) is 9.52. The minimum absolute atomic E-state index is 0.0548. The Morgan fingerprint density at radius 3 is 2.59 bits per heavy atom. The van der Waals surface area contributed by atoms with Crippen molar-refractivity contribution >= 4 is 0 Å². The van der Waals surface area contributed by atoms with Crippen LogP contribution in [0.15, 0.2) is 6.20 Å². The fraction of sp³-hybridized carbons (Fsp3) is 0.769. The molecule has 1 aromatic rings. The first-order valence-electron chi connectivity index (χ1n) is 6.25. The number of rotatable bonds is 5. The first kappa shape index (κ1) is 14.2. The number of aliphatic hydroxyl groups is 1. The lowest BCUT2D eigenvalue weighted by Crippen LogP contribution is -2.31. The van der Waals surface area contributed by atoms with Gasteiger partial charge in [-0.2, -0.15) is 5.10 Å². The van der Waals surface area contributed by atoms with E-state index >= 15 is 0 Å². The highest BCUT2D eigenvalue weighted by Crippen LogP contribution is 2.24. The van der Waals surface area contributed by atoms with E-state index in [0.717, 1.165) is 18.7 Å². The number of nitrogens with one attached hydrogen (secondary N) is 1. The first-order chi connectivity index (χ1) is 7.88. The fourth-order valence-electron chi connectivity index (χ4n) is 1.89. The Labute approximate surface area is 104 Å². The second-order valence-corrected chi connectivity index (χ2v) is 5.60. The summed E-state index contributed by atoms with van der Waals surface area (Å²) in [5, 5.41) is 17.0. The average Bonchev–Trinajstić information content (AvgIpc) is 2.61. The van der Waals surface area contributed by atoms with Crippen molar-refractivity contribution in [2.75, 3.05) is 6.61 Å². The molecule has 17 heavy (non-hydrogen) atoms. The van der Waals surface area contributed by atoms with Gasteiger partial charge in [0.1, 0.15) is 0 Å². The van der Waals surface area contributed by atoms with Crippen LogP contribution in [0.1, 0.15) is 45.4 Å². The molecule has 0 saturated carbocycles. The van der Waals surface area contributed by atoms with Crippen LogP contribution in [0, 0.1) is 0 Å². The van der Waals surface area contributed by atoms with E-state index in [2.05, 4.69) is 44.3 Å². The summed E-state index contributed by atoms with van der Waals surface area (Å²) in [6, 6.07) is 0.169. The molecule has 1 atom stereocenters. The molecule has 0 aliphatic heterocycles. The van der Waals surface area contributed by atoms with E-state index in [1.807, 2.05) is 11.7 Å². The zero-order valence-electron chi connectivity index (χ0n) is 11.6. The Balaban J connectivity index is 2.77. The van der Waals surface area contributed by atoms with E-state index in [0.29, 0.717) is 0 Å². The molecule has 1 heterocycles. The Bertz CT molecular complexity index is 348. The molecule has 98 valence electrons. The van der Waals surface area contributed by atoms with Crippen molar-refractivity contribution in [2.45, 2.75) is 52.1 Å². The first-order valence-corrected chi connectivity index (χ1v) is 6.25. The van der Waals surface area contributed by atoms with Gasteiger partial charge in [0.15, 0.2) is 0 Å². The van der Waals surface area contributed by atoms with Gasteiger partial charge in [-0.15, -0.1) is 0 Å². The summed E-state index contributed by atoms with van der Waals surface area (Å²) in [4.78, 5) is 0. The topological polar surface area (TPSA) is 50.1 Å². The molecule has 0 bridgehead atoms. The molecule has 0 spiro atoms. The van der Waals surface area contributed by atoms with Crippen molar-refractivity contribution in [1.82, 2.24) is 15.1 Å². The highest BCUT2D eigenvalue weighted by molar-refractivity contribution is 5.23. The maximum Gasteiger partial charge on any atom is 0.0722 e. The van der Waals surface area contributed by atoms with Gasteiger partial charge in [0.2, 0.25) is 0 Å². The highest BCUT2D eigenvalue weighted by atomic mass is 16.3. The molecule has 0 saturated heterocycles. The number of aryl methyl sites for hydroxylation is 1. The van der Waals surface area contributed by atoms with Crippen molar-refractivity contribution < 1.29 is 5.11 Å². The quantitative estimate of drug-likeness (QED) is 0.820. The van der Waals surface area contributed by atoms with Gasteiger partial charge in [-0.05, 0) is 6.42 Å². The van der Waals surface area contributed by atoms with Crippen LogP contribution in [0.5, 0.6) is 0 Å². The molecular weight excluding hydrogens is 214 g/mol. The van der Waals surface area contributed by atoms with Gasteiger partial charge in [-0.25, -0.2) is 0 Å². The van der Waals surface area contributed by atoms with Crippen LogP contribution < -0.4 is 5.32 Å². The largest absolute Gasteiger partial charge is 0.395 e. The number of hydrogen-bond donors (Lipinski definition) is 2. The SMILES string of the molecule is CC[C@H](CO)NCc1cn(C)nc1C(C)(C)C. The highest BCUT2D eigenvalue weighted by Gasteiger charge is 2.21. The van der Waals surface area contributed by atoms with E-state index < -0.39 is 0 Å². The third-order valence-corrected chi connectivity index (χ3v) is 2.91. The third kappa shape index (κ3) is 3.82. The summed E-state index contributed by atoms with van der Waals surface area (Å²) in [5.41, 5.74) is 2.39. The molecule has 0 radical (unpaired) electrons. The van der Waals surface area contributed by atoms with E-state index in [-0.39, 0.29) is 18.1 Å². The molecule has 4 nitrogen and oxygen atoms in total. The monoisotopic (exact) mass is 239 g/mol. The van der Waals surface area contributed by atoms with Crippen LogP contribution in [-0.2, 0) is 19.0 Å². The standard InChI is InChI=1S/C13H25N3O/c1-6-11(9-17)14-7-10-8-16(5)15-12(10)13(2,3)4/h8,11,14,17H,6-7,9H2,1-5H3/t11-/m1/s1. The lowest BCUT2D eigenvalue weighted by atomic mass is 9.89. The molecular formula is C13H25N3O. The van der Waals surface area contributed by atoms with Gasteiger partial charge >= 0.3 is 0 Å². The maximum atomic E-state index is 9.16. The second-order valence-electron chi connectivity index (χ2n) is 5.60. The molecule has 0 amide bonds. The molecule has 0 aromatic carbocycles. The Morgan fingerprint density at radius 1 is 1.47 bits per heavy atom. The van der Waals surface area contributed by atoms with Gasteiger partial charge < -0.3 is 10.4 Å². The summed E-state index contributed by atoms with van der Waals surface area (Å²) in [7, 11) is 1.95. The Morgan fingerprint density at radius 2 is 2.12 bits per heavy atom. The average molecular weight is 239 g/mol. The van der Waals surface area contributed by atoms with E-state index in [1.54, 1.807) is 0 Å². The van der Waals surface area contributed by atoms with Crippen molar-refractivity contribution in [2.24, 2.45) is 7.05 Å². The zero-order chi connectivity index (χ0) is 13.1. The molecule has 0 aliphatic carbocycles. The molecule has 0 fully saturated rings. The molecule has 4 heteroatoms. The van der Waals surface area contributed by atoms with Crippen LogP contribution in [0.3, 0.4) is 0 Å². The van der Waals surface area contributed by atoms with Crippen molar-refractivity contribution in [3.8, 4) is 0 Å². The number of aliphatic hydroxyl groups excluding tert-OH is 1. The lowest BCUT2D eigenvalue weighted by molar-refractivity contribution is 0.238. The Kier molecular flexibility index (Phi) is 4.71. The molecule has 2 N–H and O–H groups in total. The zero-order valence-corrected chi connectivity index (χ0v) is 11.6. The lowest BCUT2D eigenvalue weighted by Gasteiger charge is -2.19.